The van der Waals surface area contributed by atoms with Gasteiger partial charge in [-0.05, 0) is 82.8 Å². The van der Waals surface area contributed by atoms with Crippen LogP contribution in [0.4, 0.5) is 0 Å². The van der Waals surface area contributed by atoms with E-state index in [0.29, 0.717) is 30.8 Å². The molecule has 2 rings (SSSR count). The van der Waals surface area contributed by atoms with Gasteiger partial charge in [0.05, 0.1) is 18.8 Å². The van der Waals surface area contributed by atoms with Crippen molar-refractivity contribution < 1.29 is 78.0 Å². The monoisotopic (exact) mass is 1070 g/mol. The Bertz CT molecular complexity index is 2110. The summed E-state index contributed by atoms with van der Waals surface area (Å²) in [5.74, 6) is -12.9. The smallest absolute Gasteiger partial charge is 0.326 e. The molecule has 28 nitrogen and oxygen atoms in total. The topological polar surface area (TPSA) is 454 Å². The van der Waals surface area contributed by atoms with E-state index in [1.165, 1.54) is 24.3 Å². The number of carboxylic acids is 4. The lowest BCUT2D eigenvalue weighted by molar-refractivity contribution is -0.144. The highest BCUT2D eigenvalue weighted by Gasteiger charge is 2.41. The Morgan fingerprint density at radius 1 is 0.689 bits per heavy atom. The minimum absolute atomic E-state index is 0.0262. The number of aromatic amines is 1. The number of thioether (sulfide) groups is 1. The SMILES string of the molecule is CSCC[C@H](NC(=O)[C@@H](N)CCCCN)C(=O)N[C@@H](CC(=O)O)C(=O)N[C@@H](C)C(=O)N[C@@H](CCC(=O)O)C(=O)N[C@@H](Cc1cnc[nH]1)C(=O)N1CCC[C@H]1C(=O)N[C@@H](CCC(=O)O)C(=O)N[C@@H](CC(C)C)C(=O)O. The van der Waals surface area contributed by atoms with Crippen LogP contribution in [0.5, 0.6) is 0 Å². The van der Waals surface area contributed by atoms with Gasteiger partial charge in [0.25, 0.3) is 0 Å². The lowest BCUT2D eigenvalue weighted by atomic mass is 10.0. The molecule has 0 unspecified atom stereocenters. The van der Waals surface area contributed by atoms with Gasteiger partial charge < -0.3 is 79.0 Å². The number of hydrogen-bond acceptors (Lipinski definition) is 16. The average molecular weight is 1070 g/mol. The minimum atomic E-state index is -1.79. The van der Waals surface area contributed by atoms with Crippen molar-refractivity contribution in [1.29, 1.82) is 0 Å². The minimum Gasteiger partial charge on any atom is -0.481 e. The van der Waals surface area contributed by atoms with Crippen molar-refractivity contribution in [3.05, 3.63) is 18.2 Å². The van der Waals surface area contributed by atoms with E-state index >= 15 is 0 Å². The van der Waals surface area contributed by atoms with E-state index in [1.54, 1.807) is 20.1 Å². The van der Waals surface area contributed by atoms with E-state index in [4.69, 9.17) is 11.5 Å². The molecule has 1 saturated heterocycles. The number of carbonyl (C=O) groups is 12. The molecule has 8 amide bonds. The second kappa shape index (κ2) is 32.3. The highest BCUT2D eigenvalue weighted by Crippen LogP contribution is 2.21. The maximum atomic E-state index is 14.4. The van der Waals surface area contributed by atoms with Crippen molar-refractivity contribution in [2.75, 3.05) is 25.1 Å². The predicted octanol–water partition coefficient (Wildman–Crippen LogP) is -3.10. The number of rotatable bonds is 35. The lowest BCUT2D eigenvalue weighted by Gasteiger charge is -2.31. The molecule has 1 aliphatic rings. The maximum absolute atomic E-state index is 14.4. The summed E-state index contributed by atoms with van der Waals surface area (Å²) in [4.78, 5) is 164. The second-order valence-corrected chi connectivity index (χ2v) is 19.2. The van der Waals surface area contributed by atoms with Crippen LogP contribution in [0, 0.1) is 5.92 Å². The van der Waals surface area contributed by atoms with Gasteiger partial charge in [-0.2, -0.15) is 11.8 Å². The van der Waals surface area contributed by atoms with Crippen LogP contribution in [-0.4, -0.2) is 186 Å². The number of H-pyrrole nitrogens is 1. The molecule has 29 heteroatoms. The first-order chi connectivity index (χ1) is 34.9. The van der Waals surface area contributed by atoms with E-state index in [9.17, 15) is 78.0 Å². The standard InChI is InChI=1S/C45H72N12O16S/c1-23(2)18-32(45(72)73)56-40(67)28(11-13-35(60)61)53-43(70)33-9-7-16-57(33)44(71)31(19-25-21-48-22-49-25)55-39(66)27(10-12-34(58)59)51-37(64)24(3)50-42(69)30(20-36(62)63)54-41(68)29(14-17-74-4)52-38(65)26(47)8-5-6-15-46/h21-24,26-33H,5-20,46-47H2,1-4H3,(H,48,49)(H,50,69)(H,51,64)(H,52,65)(H,53,70)(H,54,68)(H,55,66)(H,56,67)(H,58,59)(H,60,61)(H,62,63)(H,72,73)/t24-,26-,27-,28-,29-,30-,31-,32-,33-/m0/s1. The van der Waals surface area contributed by atoms with Crippen molar-refractivity contribution in [2.24, 2.45) is 17.4 Å². The average Bonchev–Trinajstić information content (AvgIpc) is 4.04. The Hall–Kier alpha value is -6.88. The van der Waals surface area contributed by atoms with Crippen LogP contribution in [-0.2, 0) is 64.0 Å². The third kappa shape index (κ3) is 22.5. The Kier molecular flexibility index (Phi) is 27.6. The van der Waals surface area contributed by atoms with Crippen LogP contribution in [0.1, 0.15) is 104 Å². The highest BCUT2D eigenvalue weighted by atomic mass is 32.2. The first kappa shape index (κ1) is 63.2. The molecule has 0 radical (unpaired) electrons. The van der Waals surface area contributed by atoms with Crippen LogP contribution in [0.2, 0.25) is 0 Å². The highest BCUT2D eigenvalue weighted by molar-refractivity contribution is 7.98. The van der Waals surface area contributed by atoms with Gasteiger partial charge >= 0.3 is 23.9 Å². The predicted molar refractivity (Wildman–Crippen MR) is 263 cm³/mol. The first-order valence-electron chi connectivity index (χ1n) is 24.1. The molecule has 0 aliphatic carbocycles. The molecule has 0 aromatic carbocycles. The number of imidazole rings is 1. The summed E-state index contributed by atoms with van der Waals surface area (Å²) < 4.78 is 0. The number of amides is 8. The maximum Gasteiger partial charge on any atom is 0.326 e. The van der Waals surface area contributed by atoms with Crippen molar-refractivity contribution in [1.82, 2.24) is 52.1 Å². The van der Waals surface area contributed by atoms with Gasteiger partial charge in [-0.3, -0.25) is 52.7 Å². The van der Waals surface area contributed by atoms with Crippen molar-refractivity contribution in [3.63, 3.8) is 0 Å². The fraction of sp³-hybridized carbons (Fsp3) is 0.667. The summed E-state index contributed by atoms with van der Waals surface area (Å²) in [6, 6.07) is -12.9. The van der Waals surface area contributed by atoms with E-state index in [1.807, 2.05) is 0 Å². The lowest BCUT2D eigenvalue weighted by Crippen LogP contribution is -2.60. The van der Waals surface area contributed by atoms with Gasteiger partial charge in [-0.1, -0.05) is 20.3 Å². The quantitative estimate of drug-likeness (QED) is 0.0299. The molecule has 0 saturated carbocycles. The van der Waals surface area contributed by atoms with Gasteiger partial charge in [-0.25, -0.2) is 9.78 Å². The van der Waals surface area contributed by atoms with E-state index in [0.717, 1.165) is 11.8 Å². The van der Waals surface area contributed by atoms with Gasteiger partial charge in [0, 0.05) is 37.7 Å². The molecule has 0 spiro atoms. The molecule has 1 fully saturated rings. The normalized spacial score (nSPS) is 16.4. The molecule has 1 aliphatic heterocycles. The van der Waals surface area contributed by atoms with Crippen molar-refractivity contribution >= 4 is 82.9 Å². The fourth-order valence-corrected chi connectivity index (χ4v) is 8.13. The summed E-state index contributed by atoms with van der Waals surface area (Å²) >= 11 is 1.35. The first-order valence-corrected chi connectivity index (χ1v) is 25.5. The van der Waals surface area contributed by atoms with Crippen LogP contribution in [0.3, 0.4) is 0 Å². The van der Waals surface area contributed by atoms with Crippen molar-refractivity contribution in [3.8, 4) is 0 Å². The molecular formula is C45H72N12O16S. The van der Waals surface area contributed by atoms with E-state index < -0.39 is 158 Å². The van der Waals surface area contributed by atoms with Crippen LogP contribution < -0.4 is 48.7 Å². The molecule has 0 bridgehead atoms. The number of nitrogens with one attached hydrogen (secondary N) is 8. The Labute approximate surface area is 431 Å². The molecule has 414 valence electrons. The summed E-state index contributed by atoms with van der Waals surface area (Å²) in [6.07, 6.45) is 2.71. The van der Waals surface area contributed by atoms with Gasteiger partial charge in [-0.15, -0.1) is 0 Å². The summed E-state index contributed by atoms with van der Waals surface area (Å²) in [6.45, 7) is 4.95. The number of nitrogens with two attached hydrogens (primary N) is 2. The molecular weight excluding hydrogens is 997 g/mol. The number of hydrogen-bond donors (Lipinski definition) is 14. The van der Waals surface area contributed by atoms with Gasteiger partial charge in [0.2, 0.25) is 47.3 Å². The van der Waals surface area contributed by atoms with E-state index in [2.05, 4.69) is 47.2 Å². The number of carbonyl (C=O) groups excluding carboxylic acids is 8. The zero-order valence-corrected chi connectivity index (χ0v) is 42.7. The summed E-state index contributed by atoms with van der Waals surface area (Å²) in [7, 11) is 0. The third-order valence-electron chi connectivity index (χ3n) is 11.6. The third-order valence-corrected chi connectivity index (χ3v) is 12.3. The molecule has 1 aromatic rings. The Morgan fingerprint density at radius 3 is 1.76 bits per heavy atom. The molecule has 9 atom stereocenters. The van der Waals surface area contributed by atoms with Gasteiger partial charge in [0.15, 0.2) is 0 Å². The van der Waals surface area contributed by atoms with Crippen molar-refractivity contribution in [2.45, 2.75) is 159 Å². The number of unbranched alkanes of at least 4 members (excludes halogenated alkanes) is 1. The number of carboxylic acid groups (broad SMARTS) is 4. The Morgan fingerprint density at radius 2 is 1.23 bits per heavy atom. The number of nitrogens with zero attached hydrogens (tertiary/aromatic N) is 2. The Balaban J connectivity index is 2.34. The number of aromatic nitrogens is 2. The van der Waals surface area contributed by atoms with Gasteiger partial charge in [0.1, 0.15) is 48.3 Å². The molecule has 74 heavy (non-hydrogen) atoms. The summed E-state index contributed by atoms with van der Waals surface area (Å²) in [5, 5.41) is 55.0. The van der Waals surface area contributed by atoms with Crippen LogP contribution in [0.15, 0.2) is 12.5 Å². The molecule has 1 aromatic heterocycles. The number of aliphatic carboxylic acids is 4. The zero-order valence-electron chi connectivity index (χ0n) is 41.9. The fourth-order valence-electron chi connectivity index (χ4n) is 7.65. The van der Waals surface area contributed by atoms with Crippen LogP contribution >= 0.6 is 11.8 Å². The second-order valence-electron chi connectivity index (χ2n) is 18.2. The molecule has 16 N–H and O–H groups in total. The molecule has 2 heterocycles. The van der Waals surface area contributed by atoms with Crippen LogP contribution in [0.25, 0.3) is 0 Å². The zero-order chi connectivity index (χ0) is 55.7. The summed E-state index contributed by atoms with van der Waals surface area (Å²) in [5.41, 5.74) is 11.8. The number of likely N-dealkylation sites (tertiary alicyclic amines) is 1. The largest absolute Gasteiger partial charge is 0.481 e. The van der Waals surface area contributed by atoms with E-state index in [-0.39, 0.29) is 51.0 Å².